The van der Waals surface area contributed by atoms with Crippen molar-refractivity contribution in [1.29, 1.82) is 0 Å². The van der Waals surface area contributed by atoms with Crippen LogP contribution in [0, 0.1) is 5.82 Å². The number of rotatable bonds is 8. The van der Waals surface area contributed by atoms with E-state index >= 15 is 0 Å². The third-order valence-corrected chi connectivity index (χ3v) is 7.04. The predicted octanol–water partition coefficient (Wildman–Crippen LogP) is 4.36. The first kappa shape index (κ1) is 24.1. The molecule has 0 heterocycles. The van der Waals surface area contributed by atoms with Crippen LogP contribution in [0.3, 0.4) is 0 Å². The second kappa shape index (κ2) is 10.4. The quantitative estimate of drug-likeness (QED) is 0.512. The largest absolute Gasteiger partial charge is 0.320 e. The molecule has 0 aromatic heterocycles. The van der Waals surface area contributed by atoms with Gasteiger partial charge in [0.15, 0.2) is 0 Å². The molecule has 0 fully saturated rings. The Hall–Kier alpha value is -3.56. The summed E-state index contributed by atoms with van der Waals surface area (Å²) in [6, 6.07) is 18.4. The van der Waals surface area contributed by atoms with Crippen LogP contribution in [0.1, 0.15) is 34.6 Å². The molecule has 0 aliphatic rings. The number of halogens is 1. The molecule has 9 heteroatoms. The van der Waals surface area contributed by atoms with Crippen molar-refractivity contribution in [3.63, 3.8) is 0 Å². The van der Waals surface area contributed by atoms with Crippen molar-refractivity contribution in [2.24, 2.45) is 0 Å². The molecule has 172 valence electrons. The van der Waals surface area contributed by atoms with Gasteiger partial charge in [0.25, 0.3) is 11.8 Å². The zero-order valence-corrected chi connectivity index (χ0v) is 19.0. The van der Waals surface area contributed by atoms with Crippen LogP contribution in [0.15, 0.2) is 77.7 Å². The molecule has 2 amide bonds. The van der Waals surface area contributed by atoms with Crippen molar-refractivity contribution in [2.75, 3.05) is 23.7 Å². The molecular formula is C24H24FN3O4S. The SMILES string of the molecule is CCN(CC)S(=O)(=O)c1cc(C(=O)Nc2ccccc2NC(=O)c2ccccc2)ccc1F. The van der Waals surface area contributed by atoms with E-state index in [9.17, 15) is 22.4 Å². The molecular weight excluding hydrogens is 445 g/mol. The Bertz CT molecular complexity index is 1260. The summed E-state index contributed by atoms with van der Waals surface area (Å²) in [6.45, 7) is 3.64. The summed E-state index contributed by atoms with van der Waals surface area (Å²) in [5, 5.41) is 5.40. The number of nitrogens with one attached hydrogen (secondary N) is 2. The van der Waals surface area contributed by atoms with Gasteiger partial charge in [-0.2, -0.15) is 4.31 Å². The zero-order valence-electron chi connectivity index (χ0n) is 18.2. The lowest BCUT2D eigenvalue weighted by Crippen LogP contribution is -2.31. The predicted molar refractivity (Wildman–Crippen MR) is 125 cm³/mol. The van der Waals surface area contributed by atoms with Gasteiger partial charge in [0.05, 0.1) is 11.4 Å². The Kier molecular flexibility index (Phi) is 7.57. The number of para-hydroxylation sites is 2. The average molecular weight is 470 g/mol. The van der Waals surface area contributed by atoms with E-state index in [-0.39, 0.29) is 24.6 Å². The fourth-order valence-corrected chi connectivity index (χ4v) is 4.77. The van der Waals surface area contributed by atoms with Crippen molar-refractivity contribution >= 4 is 33.2 Å². The summed E-state index contributed by atoms with van der Waals surface area (Å²) in [6.07, 6.45) is 0. The van der Waals surface area contributed by atoms with Gasteiger partial charge >= 0.3 is 0 Å². The van der Waals surface area contributed by atoms with Crippen LogP contribution in [0.4, 0.5) is 15.8 Å². The van der Waals surface area contributed by atoms with Crippen LogP contribution in [0.2, 0.25) is 0 Å². The number of amides is 2. The Balaban J connectivity index is 1.86. The van der Waals surface area contributed by atoms with E-state index in [2.05, 4.69) is 10.6 Å². The third-order valence-electron chi connectivity index (χ3n) is 4.98. The number of hydrogen-bond donors (Lipinski definition) is 2. The van der Waals surface area contributed by atoms with E-state index < -0.39 is 26.6 Å². The van der Waals surface area contributed by atoms with Gasteiger partial charge in [-0.3, -0.25) is 9.59 Å². The summed E-state index contributed by atoms with van der Waals surface area (Å²) < 4.78 is 41.0. The monoisotopic (exact) mass is 469 g/mol. The zero-order chi connectivity index (χ0) is 24.0. The van der Waals surface area contributed by atoms with E-state index in [1.54, 1.807) is 68.4 Å². The van der Waals surface area contributed by atoms with Crippen molar-refractivity contribution in [2.45, 2.75) is 18.7 Å². The number of sulfonamides is 1. The van der Waals surface area contributed by atoms with Gasteiger partial charge in [0.2, 0.25) is 10.0 Å². The van der Waals surface area contributed by atoms with Gasteiger partial charge in [-0.1, -0.05) is 44.2 Å². The summed E-state index contributed by atoms with van der Waals surface area (Å²) in [4.78, 5) is 24.8. The standard InChI is InChI=1S/C24H24FN3O4S/c1-3-28(4-2)33(31,32)22-16-18(14-15-19(22)25)24(30)27-21-13-9-8-12-20(21)26-23(29)17-10-6-5-7-11-17/h5-16H,3-4H2,1-2H3,(H,26,29)(H,27,30). The fraction of sp³-hybridized carbons (Fsp3) is 0.167. The molecule has 0 unspecified atom stereocenters. The second-order valence-electron chi connectivity index (χ2n) is 7.05. The maximum atomic E-state index is 14.4. The van der Waals surface area contributed by atoms with Gasteiger partial charge in [-0.05, 0) is 42.5 Å². The number of anilines is 2. The van der Waals surface area contributed by atoms with Crippen LogP contribution in [-0.4, -0.2) is 37.6 Å². The highest BCUT2D eigenvalue weighted by Crippen LogP contribution is 2.25. The minimum absolute atomic E-state index is 0.0358. The topological polar surface area (TPSA) is 95.6 Å². The average Bonchev–Trinajstić information content (AvgIpc) is 2.81. The lowest BCUT2D eigenvalue weighted by Gasteiger charge is -2.19. The number of nitrogens with zero attached hydrogens (tertiary/aromatic N) is 1. The summed E-state index contributed by atoms with van der Waals surface area (Å²) >= 11 is 0. The van der Waals surface area contributed by atoms with Crippen LogP contribution in [0.5, 0.6) is 0 Å². The Labute approximate surface area is 192 Å². The van der Waals surface area contributed by atoms with Gasteiger partial charge in [-0.15, -0.1) is 0 Å². The van der Waals surface area contributed by atoms with E-state index in [1.807, 2.05) is 0 Å². The van der Waals surface area contributed by atoms with Crippen LogP contribution >= 0.6 is 0 Å². The first-order valence-corrected chi connectivity index (χ1v) is 11.8. The number of carbonyl (C=O) groups excluding carboxylic acids is 2. The second-order valence-corrected chi connectivity index (χ2v) is 8.96. The minimum atomic E-state index is -4.09. The van der Waals surface area contributed by atoms with Crippen molar-refractivity contribution < 1.29 is 22.4 Å². The van der Waals surface area contributed by atoms with Crippen molar-refractivity contribution in [3.8, 4) is 0 Å². The van der Waals surface area contributed by atoms with Gasteiger partial charge in [-0.25, -0.2) is 12.8 Å². The molecule has 0 spiro atoms. The highest BCUT2D eigenvalue weighted by atomic mass is 32.2. The highest BCUT2D eigenvalue weighted by molar-refractivity contribution is 7.89. The van der Waals surface area contributed by atoms with Gasteiger partial charge < -0.3 is 10.6 Å². The van der Waals surface area contributed by atoms with Gasteiger partial charge in [0, 0.05) is 24.2 Å². The smallest absolute Gasteiger partial charge is 0.255 e. The molecule has 33 heavy (non-hydrogen) atoms. The van der Waals surface area contributed by atoms with Crippen LogP contribution in [-0.2, 0) is 10.0 Å². The lowest BCUT2D eigenvalue weighted by molar-refractivity contribution is 0.101. The Morgan fingerprint density at radius 2 is 1.30 bits per heavy atom. The van der Waals surface area contributed by atoms with Crippen LogP contribution in [0.25, 0.3) is 0 Å². The molecule has 2 N–H and O–H groups in total. The molecule has 0 bridgehead atoms. The highest BCUT2D eigenvalue weighted by Gasteiger charge is 2.26. The molecule has 0 aliphatic carbocycles. The first-order valence-electron chi connectivity index (χ1n) is 10.3. The molecule has 0 aliphatic heterocycles. The van der Waals surface area contributed by atoms with E-state index in [0.717, 1.165) is 16.4 Å². The molecule has 0 atom stereocenters. The Morgan fingerprint density at radius 3 is 1.85 bits per heavy atom. The van der Waals surface area contributed by atoms with E-state index in [4.69, 9.17) is 0 Å². The minimum Gasteiger partial charge on any atom is -0.320 e. The number of hydrogen-bond acceptors (Lipinski definition) is 4. The molecule has 7 nitrogen and oxygen atoms in total. The van der Waals surface area contributed by atoms with E-state index in [1.165, 1.54) is 6.07 Å². The molecule has 0 radical (unpaired) electrons. The molecule has 0 saturated heterocycles. The lowest BCUT2D eigenvalue weighted by atomic mass is 10.1. The Morgan fingerprint density at radius 1 is 0.788 bits per heavy atom. The molecule has 3 aromatic rings. The number of benzene rings is 3. The maximum absolute atomic E-state index is 14.4. The number of carbonyl (C=O) groups is 2. The maximum Gasteiger partial charge on any atom is 0.255 e. The molecule has 0 saturated carbocycles. The van der Waals surface area contributed by atoms with E-state index in [0.29, 0.717) is 16.9 Å². The summed E-state index contributed by atoms with van der Waals surface area (Å²) in [7, 11) is -4.09. The molecule has 3 aromatic carbocycles. The molecule has 3 rings (SSSR count). The van der Waals surface area contributed by atoms with Crippen molar-refractivity contribution in [1.82, 2.24) is 4.31 Å². The van der Waals surface area contributed by atoms with Crippen LogP contribution < -0.4 is 10.6 Å². The third kappa shape index (κ3) is 5.44. The summed E-state index contributed by atoms with van der Waals surface area (Å²) in [5.41, 5.74) is 1.08. The normalized spacial score (nSPS) is 11.3. The summed E-state index contributed by atoms with van der Waals surface area (Å²) in [5.74, 6) is -1.94. The fourth-order valence-electron chi connectivity index (χ4n) is 3.22. The van der Waals surface area contributed by atoms with Crippen molar-refractivity contribution in [3.05, 3.63) is 89.7 Å². The van der Waals surface area contributed by atoms with Gasteiger partial charge in [0.1, 0.15) is 10.7 Å². The first-order chi connectivity index (χ1) is 15.8.